The van der Waals surface area contributed by atoms with Gasteiger partial charge in [0.05, 0.1) is 11.3 Å². The molecule has 4 aliphatic rings. The number of Topliss-reactive ketones (excluding diaryl/α,β-unsaturated/α-hetero) is 1. The fourth-order valence-electron chi connectivity index (χ4n) is 7.57. The maximum absolute atomic E-state index is 14.5. The van der Waals surface area contributed by atoms with Gasteiger partial charge in [-0.3, -0.25) is 4.79 Å². The summed E-state index contributed by atoms with van der Waals surface area (Å²) in [5, 5.41) is 0. The van der Waals surface area contributed by atoms with Crippen LogP contribution in [-0.4, -0.2) is 24.0 Å². The van der Waals surface area contributed by atoms with E-state index in [0.717, 1.165) is 24.8 Å². The fourth-order valence-corrected chi connectivity index (χ4v) is 7.57. The number of esters is 1. The molecule has 8 atom stereocenters. The van der Waals surface area contributed by atoms with Gasteiger partial charge in [-0.05, 0) is 70.3 Å². The van der Waals surface area contributed by atoms with E-state index in [1.807, 2.05) is 25.1 Å². The van der Waals surface area contributed by atoms with Crippen LogP contribution in [-0.2, 0) is 24.7 Å². The lowest BCUT2D eigenvalue weighted by molar-refractivity contribution is -0.234. The molecule has 2 aliphatic carbocycles. The number of carbonyl (C=O) groups excluding carboxylic acids is 2. The Hall–Kier alpha value is -2.46. The normalized spacial score (nSPS) is 40.3. The second kappa shape index (κ2) is 8.30. The summed E-state index contributed by atoms with van der Waals surface area (Å²) in [6.45, 7) is 14.7. The van der Waals surface area contributed by atoms with Crippen molar-refractivity contribution in [3.8, 4) is 0 Å². The number of hydrogen-bond acceptors (Lipinski definition) is 4. The van der Waals surface area contributed by atoms with Crippen LogP contribution in [0.15, 0.2) is 66.3 Å². The van der Waals surface area contributed by atoms with Crippen LogP contribution >= 0.6 is 0 Å². The number of ether oxygens (including phenoxy) is 2. The Morgan fingerprint density at radius 1 is 1.20 bits per heavy atom. The highest BCUT2D eigenvalue weighted by atomic mass is 16.6. The first-order chi connectivity index (χ1) is 16.6. The lowest BCUT2D eigenvalue weighted by Gasteiger charge is -2.62. The van der Waals surface area contributed by atoms with Gasteiger partial charge in [-0.15, -0.1) is 6.58 Å². The van der Waals surface area contributed by atoms with Gasteiger partial charge in [-0.25, -0.2) is 4.79 Å². The number of ketones is 1. The third kappa shape index (κ3) is 3.08. The van der Waals surface area contributed by atoms with E-state index in [1.165, 1.54) is 11.1 Å². The van der Waals surface area contributed by atoms with Gasteiger partial charge in [0.1, 0.15) is 12.2 Å². The van der Waals surface area contributed by atoms with Gasteiger partial charge in [0, 0.05) is 5.92 Å². The molecular weight excluding hydrogens is 436 g/mol. The maximum atomic E-state index is 14.5. The first-order valence-electron chi connectivity index (χ1n) is 13.0. The largest absolute Gasteiger partial charge is 0.462 e. The van der Waals surface area contributed by atoms with Gasteiger partial charge in [0.2, 0.25) is 5.60 Å². The van der Waals surface area contributed by atoms with Gasteiger partial charge in [-0.1, -0.05) is 66.6 Å². The highest BCUT2D eigenvalue weighted by molar-refractivity contribution is 6.13. The minimum absolute atomic E-state index is 0.0605. The molecule has 2 heterocycles. The van der Waals surface area contributed by atoms with Crippen LogP contribution in [0.4, 0.5) is 0 Å². The third-order valence-corrected chi connectivity index (χ3v) is 9.52. The summed E-state index contributed by atoms with van der Waals surface area (Å²) in [4.78, 5) is 27.8. The molecule has 0 amide bonds. The van der Waals surface area contributed by atoms with Gasteiger partial charge in [-0.2, -0.15) is 0 Å². The molecule has 186 valence electrons. The highest BCUT2D eigenvalue weighted by Crippen LogP contribution is 2.73. The standard InChI is InChI=1S/C31H38O4/c1-7-29(6)18-34-28(33)31(29)27(32)26-24-23(20(4)13-11-12-19(2)3)17-16-21(5)25(24)30(26,35-31)22-14-9-8-10-15-22/h7-10,12,14-16,20,23-26H,1,11,13,17-18H2,2-6H3/t20-,23+,24-,25+,26-,29-,30-,31+/m0/s1. The van der Waals surface area contributed by atoms with Crippen LogP contribution in [0.25, 0.3) is 0 Å². The summed E-state index contributed by atoms with van der Waals surface area (Å²) in [6, 6.07) is 10.1. The summed E-state index contributed by atoms with van der Waals surface area (Å²) in [5.41, 5.74) is 0.197. The third-order valence-electron chi connectivity index (χ3n) is 9.52. The smallest absolute Gasteiger partial charge is 0.347 e. The fraction of sp³-hybridized carbons (Fsp3) is 0.548. The predicted molar refractivity (Wildman–Crippen MR) is 136 cm³/mol. The zero-order valence-corrected chi connectivity index (χ0v) is 21.7. The van der Waals surface area contributed by atoms with Crippen molar-refractivity contribution >= 4 is 11.8 Å². The lowest BCUT2D eigenvalue weighted by atomic mass is 9.42. The molecule has 3 fully saturated rings. The first-order valence-corrected chi connectivity index (χ1v) is 13.0. The van der Waals surface area contributed by atoms with Crippen LogP contribution in [0.1, 0.15) is 59.4 Å². The van der Waals surface area contributed by atoms with Crippen molar-refractivity contribution in [2.45, 2.75) is 65.1 Å². The average Bonchev–Trinajstić information content (AvgIpc) is 3.22. The topological polar surface area (TPSA) is 52.6 Å². The van der Waals surface area contributed by atoms with Gasteiger partial charge in [0.25, 0.3) is 0 Å². The Balaban J connectivity index is 1.63. The Bertz CT molecular complexity index is 1110. The molecule has 5 rings (SSSR count). The number of carbonyl (C=O) groups is 2. The van der Waals surface area contributed by atoms with Crippen molar-refractivity contribution < 1.29 is 19.1 Å². The number of benzene rings is 1. The number of hydrogen-bond donors (Lipinski definition) is 0. The van der Waals surface area contributed by atoms with Crippen molar-refractivity contribution in [1.82, 2.24) is 0 Å². The van der Waals surface area contributed by atoms with Crippen molar-refractivity contribution in [3.63, 3.8) is 0 Å². The Morgan fingerprint density at radius 2 is 1.91 bits per heavy atom. The molecule has 1 aromatic rings. The van der Waals surface area contributed by atoms with Crippen molar-refractivity contribution in [1.29, 1.82) is 0 Å². The molecule has 35 heavy (non-hydrogen) atoms. The molecule has 2 aliphatic heterocycles. The molecule has 0 bridgehead atoms. The van der Waals surface area contributed by atoms with Crippen molar-refractivity contribution in [3.05, 3.63) is 71.8 Å². The van der Waals surface area contributed by atoms with E-state index in [0.29, 0.717) is 11.8 Å². The zero-order valence-electron chi connectivity index (χ0n) is 21.7. The van der Waals surface area contributed by atoms with Gasteiger partial charge >= 0.3 is 5.97 Å². The molecule has 1 aromatic carbocycles. The Labute approximate surface area is 209 Å². The quantitative estimate of drug-likeness (QED) is 0.281. The van der Waals surface area contributed by atoms with Gasteiger partial charge < -0.3 is 9.47 Å². The molecule has 1 spiro atoms. The van der Waals surface area contributed by atoms with E-state index < -0.39 is 22.6 Å². The van der Waals surface area contributed by atoms with Crippen molar-refractivity contribution in [2.75, 3.05) is 6.61 Å². The molecule has 1 saturated carbocycles. The van der Waals surface area contributed by atoms with E-state index in [9.17, 15) is 9.59 Å². The van der Waals surface area contributed by atoms with Crippen LogP contribution in [0.3, 0.4) is 0 Å². The molecule has 0 unspecified atom stereocenters. The number of cyclic esters (lactones) is 1. The van der Waals surface area contributed by atoms with E-state index in [2.05, 4.69) is 58.6 Å². The number of fused-ring (bicyclic) bond motifs is 4. The SMILES string of the molecule is C=C[C@@]1(C)COC(=O)[C@@]12O[C@]1(c3ccccc3)[C@H](C2=O)[C@H]2[C@@H]([C@@H](C)CCC=C(C)C)CC=C(C)[C@H]21. The molecule has 4 heteroatoms. The van der Waals surface area contributed by atoms with Crippen LogP contribution in [0, 0.1) is 35.0 Å². The average molecular weight is 475 g/mol. The minimum atomic E-state index is -1.64. The monoisotopic (exact) mass is 474 g/mol. The predicted octanol–water partition coefficient (Wildman–Crippen LogP) is 6.18. The van der Waals surface area contributed by atoms with Gasteiger partial charge in [0.15, 0.2) is 5.78 Å². The summed E-state index contributed by atoms with van der Waals surface area (Å²) < 4.78 is 12.5. The number of rotatable bonds is 6. The molecule has 4 nitrogen and oxygen atoms in total. The lowest BCUT2D eigenvalue weighted by Crippen LogP contribution is -2.64. The van der Waals surface area contributed by atoms with E-state index >= 15 is 0 Å². The van der Waals surface area contributed by atoms with Crippen LogP contribution in [0.2, 0.25) is 0 Å². The number of allylic oxidation sites excluding steroid dienone is 3. The summed E-state index contributed by atoms with van der Waals surface area (Å²) in [6.07, 6.45) is 9.44. The van der Waals surface area contributed by atoms with E-state index in [-0.39, 0.29) is 30.1 Å². The maximum Gasteiger partial charge on any atom is 0.347 e. The van der Waals surface area contributed by atoms with E-state index in [4.69, 9.17) is 9.47 Å². The van der Waals surface area contributed by atoms with E-state index in [1.54, 1.807) is 6.08 Å². The summed E-state index contributed by atoms with van der Waals surface area (Å²) >= 11 is 0. The second-order valence-corrected chi connectivity index (χ2v) is 11.7. The minimum Gasteiger partial charge on any atom is -0.462 e. The zero-order chi connectivity index (χ0) is 25.2. The second-order valence-electron chi connectivity index (χ2n) is 11.7. The van der Waals surface area contributed by atoms with Crippen molar-refractivity contribution in [2.24, 2.45) is 35.0 Å². The molecule has 0 aromatic heterocycles. The molecule has 2 saturated heterocycles. The van der Waals surface area contributed by atoms with Crippen LogP contribution < -0.4 is 0 Å². The molecular formula is C31H38O4. The Morgan fingerprint density at radius 3 is 2.57 bits per heavy atom. The first kappa shape index (κ1) is 24.2. The summed E-state index contributed by atoms with van der Waals surface area (Å²) in [5.74, 6) is -0.00100. The molecule has 0 radical (unpaired) electrons. The van der Waals surface area contributed by atoms with Crippen LogP contribution in [0.5, 0.6) is 0 Å². The highest BCUT2D eigenvalue weighted by Gasteiger charge is 2.83. The summed E-state index contributed by atoms with van der Waals surface area (Å²) in [7, 11) is 0. The molecule has 0 N–H and O–H groups in total. The Kier molecular flexibility index (Phi) is 5.75.